The van der Waals surface area contributed by atoms with Crippen LogP contribution in [0.25, 0.3) is 0 Å². The monoisotopic (exact) mass is 235 g/mol. The van der Waals surface area contributed by atoms with E-state index in [-0.39, 0.29) is 12.2 Å². The first-order chi connectivity index (χ1) is 8.28. The second-order valence-corrected chi connectivity index (χ2v) is 4.48. The lowest BCUT2D eigenvalue weighted by Crippen LogP contribution is -2.60. The topological polar surface area (TPSA) is 30.5 Å². The fraction of sp³-hybridized carbons (Fsp3) is 0.571. The van der Waals surface area contributed by atoms with E-state index in [0.29, 0.717) is 6.04 Å². The van der Waals surface area contributed by atoms with Gasteiger partial charge in [-0.15, -0.1) is 0 Å². The molecule has 17 heavy (non-hydrogen) atoms. The number of rotatable bonds is 5. The predicted molar refractivity (Wildman–Crippen MR) is 68.5 cm³/mol. The van der Waals surface area contributed by atoms with Crippen molar-refractivity contribution < 1.29 is 9.47 Å². The first-order valence-electron chi connectivity index (χ1n) is 6.24. The number of hydrogen-bond donors (Lipinski definition) is 1. The van der Waals surface area contributed by atoms with E-state index in [1.165, 1.54) is 5.56 Å². The first kappa shape index (κ1) is 12.4. The highest BCUT2D eigenvalue weighted by Gasteiger charge is 2.42. The Morgan fingerprint density at radius 1 is 1.29 bits per heavy atom. The van der Waals surface area contributed by atoms with Crippen molar-refractivity contribution >= 4 is 0 Å². The molecule has 1 fully saturated rings. The Labute approximate surface area is 103 Å². The van der Waals surface area contributed by atoms with Crippen LogP contribution in [0.1, 0.15) is 18.9 Å². The number of ether oxygens (including phenoxy) is 2. The standard InChI is InChI=1S/C14H21NO2/c1-4-10-5-7-11(8-6-10)17-13-9-12(15-2)14(13)16-3/h5-8,12-15H,4,9H2,1-3H3. The lowest BCUT2D eigenvalue weighted by molar-refractivity contribution is -0.0869. The highest BCUT2D eigenvalue weighted by molar-refractivity contribution is 5.27. The summed E-state index contributed by atoms with van der Waals surface area (Å²) in [5, 5.41) is 3.23. The second kappa shape index (κ2) is 5.52. The highest BCUT2D eigenvalue weighted by Crippen LogP contribution is 2.28. The molecule has 0 heterocycles. The van der Waals surface area contributed by atoms with Crippen molar-refractivity contribution in [3.05, 3.63) is 29.8 Å². The fourth-order valence-corrected chi connectivity index (χ4v) is 2.27. The van der Waals surface area contributed by atoms with E-state index in [4.69, 9.17) is 9.47 Å². The molecule has 1 aromatic carbocycles. The van der Waals surface area contributed by atoms with Crippen molar-refractivity contribution in [1.82, 2.24) is 5.32 Å². The number of hydrogen-bond acceptors (Lipinski definition) is 3. The maximum Gasteiger partial charge on any atom is 0.128 e. The zero-order valence-corrected chi connectivity index (χ0v) is 10.8. The molecule has 1 saturated carbocycles. The molecule has 1 aromatic rings. The van der Waals surface area contributed by atoms with Gasteiger partial charge >= 0.3 is 0 Å². The van der Waals surface area contributed by atoms with Gasteiger partial charge in [-0.25, -0.2) is 0 Å². The van der Waals surface area contributed by atoms with Crippen LogP contribution in [0.3, 0.4) is 0 Å². The van der Waals surface area contributed by atoms with Gasteiger partial charge in [0, 0.05) is 19.6 Å². The summed E-state index contributed by atoms with van der Waals surface area (Å²) in [5.74, 6) is 0.934. The third-order valence-corrected chi connectivity index (χ3v) is 3.51. The van der Waals surface area contributed by atoms with Gasteiger partial charge < -0.3 is 14.8 Å². The Hall–Kier alpha value is -1.06. The van der Waals surface area contributed by atoms with Crippen molar-refractivity contribution in [1.29, 1.82) is 0 Å². The Morgan fingerprint density at radius 2 is 2.00 bits per heavy atom. The Kier molecular flexibility index (Phi) is 4.02. The number of nitrogens with one attached hydrogen (secondary N) is 1. The summed E-state index contributed by atoms with van der Waals surface area (Å²) < 4.78 is 11.4. The fourth-order valence-electron chi connectivity index (χ4n) is 2.27. The molecule has 0 saturated heterocycles. The molecule has 1 aliphatic carbocycles. The minimum Gasteiger partial charge on any atom is -0.488 e. The molecular weight excluding hydrogens is 214 g/mol. The summed E-state index contributed by atoms with van der Waals surface area (Å²) in [6.07, 6.45) is 2.40. The third-order valence-electron chi connectivity index (χ3n) is 3.51. The van der Waals surface area contributed by atoms with Crippen LogP contribution in [0.4, 0.5) is 0 Å². The smallest absolute Gasteiger partial charge is 0.128 e. The largest absolute Gasteiger partial charge is 0.488 e. The van der Waals surface area contributed by atoms with Gasteiger partial charge in [-0.1, -0.05) is 19.1 Å². The molecule has 0 bridgehead atoms. The SMILES string of the molecule is CCc1ccc(OC2CC(NC)C2OC)cc1. The minimum atomic E-state index is 0.158. The Balaban J connectivity index is 1.92. The van der Waals surface area contributed by atoms with Crippen LogP contribution in [0, 0.1) is 0 Å². The minimum absolute atomic E-state index is 0.158. The molecule has 0 aliphatic heterocycles. The molecule has 0 spiro atoms. The van der Waals surface area contributed by atoms with Crippen LogP contribution in [0.5, 0.6) is 5.75 Å². The molecule has 3 unspecified atom stereocenters. The average molecular weight is 235 g/mol. The van der Waals surface area contributed by atoms with Crippen LogP contribution in [0.15, 0.2) is 24.3 Å². The normalized spacial score (nSPS) is 27.6. The summed E-state index contributed by atoms with van der Waals surface area (Å²) in [6, 6.07) is 8.73. The van der Waals surface area contributed by atoms with E-state index in [1.807, 2.05) is 19.2 Å². The average Bonchev–Trinajstić information content (AvgIpc) is 2.35. The molecule has 0 aromatic heterocycles. The third kappa shape index (κ3) is 2.61. The maximum absolute atomic E-state index is 5.92. The summed E-state index contributed by atoms with van der Waals surface area (Å²) in [4.78, 5) is 0. The van der Waals surface area contributed by atoms with Gasteiger partial charge in [-0.2, -0.15) is 0 Å². The van der Waals surface area contributed by atoms with Gasteiger partial charge in [-0.3, -0.25) is 0 Å². The van der Waals surface area contributed by atoms with Crippen molar-refractivity contribution in [2.45, 2.75) is 38.0 Å². The van der Waals surface area contributed by atoms with Crippen LogP contribution in [0.2, 0.25) is 0 Å². The molecule has 3 heteroatoms. The number of aryl methyl sites for hydroxylation is 1. The molecule has 1 aliphatic rings. The quantitative estimate of drug-likeness (QED) is 0.846. The molecule has 3 nitrogen and oxygen atoms in total. The predicted octanol–water partition coefficient (Wildman–Crippen LogP) is 2.00. The number of benzene rings is 1. The molecule has 94 valence electrons. The summed E-state index contributed by atoms with van der Waals surface area (Å²) in [7, 11) is 3.70. The Morgan fingerprint density at radius 3 is 2.53 bits per heavy atom. The molecule has 1 N–H and O–H groups in total. The van der Waals surface area contributed by atoms with Crippen molar-refractivity contribution in [3.63, 3.8) is 0 Å². The maximum atomic E-state index is 5.92. The molecule has 0 radical (unpaired) electrons. The molecule has 2 rings (SSSR count). The molecular formula is C14H21NO2. The van der Waals surface area contributed by atoms with Crippen molar-refractivity contribution in [2.24, 2.45) is 0 Å². The second-order valence-electron chi connectivity index (χ2n) is 4.48. The van der Waals surface area contributed by atoms with Gasteiger partial charge in [0.25, 0.3) is 0 Å². The van der Waals surface area contributed by atoms with Crippen LogP contribution >= 0.6 is 0 Å². The van der Waals surface area contributed by atoms with Gasteiger partial charge in [0.05, 0.1) is 0 Å². The molecule has 3 atom stereocenters. The summed E-state index contributed by atoms with van der Waals surface area (Å²) in [6.45, 7) is 2.15. The van der Waals surface area contributed by atoms with Crippen molar-refractivity contribution in [3.8, 4) is 5.75 Å². The van der Waals surface area contributed by atoms with E-state index < -0.39 is 0 Å². The van der Waals surface area contributed by atoms with E-state index in [1.54, 1.807) is 7.11 Å². The van der Waals surface area contributed by atoms with E-state index in [0.717, 1.165) is 18.6 Å². The van der Waals surface area contributed by atoms with Crippen molar-refractivity contribution in [2.75, 3.05) is 14.2 Å². The number of likely N-dealkylation sites (N-methyl/N-ethyl adjacent to an activating group) is 1. The van der Waals surface area contributed by atoms with Gasteiger partial charge in [0.2, 0.25) is 0 Å². The van der Waals surface area contributed by atoms with E-state index in [9.17, 15) is 0 Å². The van der Waals surface area contributed by atoms with Crippen LogP contribution < -0.4 is 10.1 Å². The van der Waals surface area contributed by atoms with Crippen LogP contribution in [-0.4, -0.2) is 32.4 Å². The lowest BCUT2D eigenvalue weighted by atomic mass is 9.85. The number of methoxy groups -OCH3 is 1. The first-order valence-corrected chi connectivity index (χ1v) is 6.24. The zero-order valence-electron chi connectivity index (χ0n) is 10.8. The van der Waals surface area contributed by atoms with Gasteiger partial charge in [-0.05, 0) is 31.2 Å². The van der Waals surface area contributed by atoms with Gasteiger partial charge in [0.1, 0.15) is 18.0 Å². The summed E-state index contributed by atoms with van der Waals surface area (Å²) >= 11 is 0. The molecule has 0 amide bonds. The summed E-state index contributed by atoms with van der Waals surface area (Å²) in [5.41, 5.74) is 1.34. The van der Waals surface area contributed by atoms with Gasteiger partial charge in [0.15, 0.2) is 0 Å². The Bertz CT molecular complexity index is 350. The zero-order chi connectivity index (χ0) is 12.3. The van der Waals surface area contributed by atoms with E-state index >= 15 is 0 Å². The highest BCUT2D eigenvalue weighted by atomic mass is 16.5. The van der Waals surface area contributed by atoms with E-state index in [2.05, 4.69) is 24.4 Å². The van der Waals surface area contributed by atoms with Crippen LogP contribution in [-0.2, 0) is 11.2 Å². The lowest BCUT2D eigenvalue weighted by Gasteiger charge is -2.42.